The van der Waals surface area contributed by atoms with Crippen molar-refractivity contribution in [3.05, 3.63) is 24.3 Å². The topological polar surface area (TPSA) is 58.2 Å². The van der Waals surface area contributed by atoms with Gasteiger partial charge in [-0.3, -0.25) is 4.72 Å². The van der Waals surface area contributed by atoms with Crippen LogP contribution in [0.1, 0.15) is 45.4 Å². The molecule has 21 heavy (non-hydrogen) atoms. The Bertz CT molecular complexity index is 518. The van der Waals surface area contributed by atoms with E-state index in [1.54, 1.807) is 6.92 Å². The third-order valence-corrected chi connectivity index (χ3v) is 5.41. The first-order valence-corrected chi connectivity index (χ1v) is 9.59. The molecule has 0 radical (unpaired) electrons. The van der Waals surface area contributed by atoms with Crippen LogP contribution in [-0.2, 0) is 10.0 Å². The number of nitrogens with one attached hydrogen (secondary N) is 2. The Morgan fingerprint density at radius 3 is 2.14 bits per heavy atom. The molecule has 118 valence electrons. The lowest BCUT2D eigenvalue weighted by Crippen LogP contribution is -2.15. The van der Waals surface area contributed by atoms with Crippen molar-refractivity contribution in [2.45, 2.75) is 45.4 Å². The largest absolute Gasteiger partial charge is 0.385 e. The molecule has 0 aliphatic heterocycles. The predicted molar refractivity (Wildman–Crippen MR) is 89.2 cm³/mol. The number of benzene rings is 1. The molecule has 2 rings (SSSR count). The van der Waals surface area contributed by atoms with Gasteiger partial charge >= 0.3 is 0 Å². The van der Waals surface area contributed by atoms with Crippen LogP contribution in [0.5, 0.6) is 0 Å². The summed E-state index contributed by atoms with van der Waals surface area (Å²) in [5.41, 5.74) is 1.68. The molecule has 0 bridgehead atoms. The van der Waals surface area contributed by atoms with E-state index in [1.807, 2.05) is 24.3 Å². The SMILES string of the molecule is CCS(=O)(=O)Nc1ccc(NCC2CCCCCC2)cc1. The van der Waals surface area contributed by atoms with Crippen molar-refractivity contribution in [1.82, 2.24) is 0 Å². The van der Waals surface area contributed by atoms with Gasteiger partial charge in [0.05, 0.1) is 5.75 Å². The highest BCUT2D eigenvalue weighted by molar-refractivity contribution is 7.92. The molecule has 1 aromatic carbocycles. The van der Waals surface area contributed by atoms with E-state index in [2.05, 4.69) is 10.0 Å². The van der Waals surface area contributed by atoms with Crippen molar-refractivity contribution >= 4 is 21.4 Å². The highest BCUT2D eigenvalue weighted by atomic mass is 32.2. The summed E-state index contributed by atoms with van der Waals surface area (Å²) in [5.74, 6) is 0.861. The van der Waals surface area contributed by atoms with Crippen LogP contribution in [0.3, 0.4) is 0 Å². The second-order valence-electron chi connectivity index (χ2n) is 5.82. The van der Waals surface area contributed by atoms with Gasteiger partial charge in [-0.15, -0.1) is 0 Å². The third-order valence-electron chi connectivity index (χ3n) is 4.11. The van der Waals surface area contributed by atoms with Gasteiger partial charge in [0.2, 0.25) is 10.0 Å². The van der Waals surface area contributed by atoms with Crippen LogP contribution in [0.2, 0.25) is 0 Å². The average molecular weight is 310 g/mol. The Kier molecular flexibility index (Phi) is 5.91. The van der Waals surface area contributed by atoms with Gasteiger partial charge in [0, 0.05) is 17.9 Å². The van der Waals surface area contributed by atoms with Crippen molar-refractivity contribution in [3.8, 4) is 0 Å². The van der Waals surface area contributed by atoms with Crippen molar-refractivity contribution in [1.29, 1.82) is 0 Å². The highest BCUT2D eigenvalue weighted by Gasteiger charge is 2.12. The van der Waals surface area contributed by atoms with Gasteiger partial charge in [-0.05, 0) is 49.9 Å². The molecule has 1 saturated carbocycles. The van der Waals surface area contributed by atoms with Crippen molar-refractivity contribution in [2.75, 3.05) is 22.3 Å². The zero-order chi connectivity index (χ0) is 15.1. The Morgan fingerprint density at radius 1 is 1.00 bits per heavy atom. The van der Waals surface area contributed by atoms with Crippen LogP contribution < -0.4 is 10.0 Å². The smallest absolute Gasteiger partial charge is 0.232 e. The van der Waals surface area contributed by atoms with Crippen LogP contribution >= 0.6 is 0 Å². The molecule has 1 aromatic rings. The zero-order valence-electron chi connectivity index (χ0n) is 12.8. The Balaban J connectivity index is 1.84. The summed E-state index contributed by atoms with van der Waals surface area (Å²) in [6.45, 7) is 2.64. The molecule has 0 spiro atoms. The summed E-state index contributed by atoms with van der Waals surface area (Å²) in [7, 11) is -3.19. The Labute approximate surface area is 128 Å². The minimum absolute atomic E-state index is 0.0919. The number of anilines is 2. The van der Waals surface area contributed by atoms with Gasteiger partial charge in [-0.25, -0.2) is 8.42 Å². The van der Waals surface area contributed by atoms with E-state index >= 15 is 0 Å². The molecule has 1 aliphatic carbocycles. The Hall–Kier alpha value is -1.23. The lowest BCUT2D eigenvalue weighted by atomic mass is 10.0. The molecule has 1 aliphatic rings. The molecule has 2 N–H and O–H groups in total. The zero-order valence-corrected chi connectivity index (χ0v) is 13.6. The molecule has 0 aromatic heterocycles. The summed E-state index contributed by atoms with van der Waals surface area (Å²) >= 11 is 0. The maximum atomic E-state index is 11.5. The molecule has 0 unspecified atom stereocenters. The van der Waals surface area contributed by atoms with Gasteiger partial charge in [-0.2, -0.15) is 0 Å². The number of hydrogen-bond donors (Lipinski definition) is 2. The lowest BCUT2D eigenvalue weighted by molar-refractivity contribution is 0.483. The van der Waals surface area contributed by atoms with Gasteiger partial charge in [-0.1, -0.05) is 25.7 Å². The number of rotatable bonds is 6. The lowest BCUT2D eigenvalue weighted by Gasteiger charge is -2.16. The third kappa shape index (κ3) is 5.58. The number of hydrogen-bond acceptors (Lipinski definition) is 3. The van der Waals surface area contributed by atoms with Crippen LogP contribution in [0.4, 0.5) is 11.4 Å². The first-order chi connectivity index (χ1) is 10.1. The van der Waals surface area contributed by atoms with E-state index in [0.717, 1.165) is 18.2 Å². The summed E-state index contributed by atoms with van der Waals surface area (Å²) in [6, 6.07) is 7.49. The predicted octanol–water partition coefficient (Wildman–Crippen LogP) is 3.83. The first-order valence-electron chi connectivity index (χ1n) is 7.93. The van der Waals surface area contributed by atoms with Gasteiger partial charge in [0.1, 0.15) is 0 Å². The van der Waals surface area contributed by atoms with Crippen molar-refractivity contribution < 1.29 is 8.42 Å². The van der Waals surface area contributed by atoms with E-state index in [0.29, 0.717) is 5.69 Å². The summed E-state index contributed by atoms with van der Waals surface area (Å²) in [4.78, 5) is 0. The Morgan fingerprint density at radius 2 is 1.57 bits per heavy atom. The van der Waals surface area contributed by atoms with Crippen molar-refractivity contribution in [2.24, 2.45) is 5.92 Å². The highest BCUT2D eigenvalue weighted by Crippen LogP contribution is 2.23. The van der Waals surface area contributed by atoms with Crippen LogP contribution in [0, 0.1) is 5.92 Å². The maximum Gasteiger partial charge on any atom is 0.232 e. The molecule has 4 nitrogen and oxygen atoms in total. The molecule has 5 heteroatoms. The molecular weight excluding hydrogens is 284 g/mol. The molecule has 0 amide bonds. The van der Waals surface area contributed by atoms with E-state index in [4.69, 9.17) is 0 Å². The van der Waals surface area contributed by atoms with Gasteiger partial charge < -0.3 is 5.32 Å². The summed E-state index contributed by atoms with van der Waals surface area (Å²) in [6.07, 6.45) is 8.10. The van der Waals surface area contributed by atoms with Crippen LogP contribution in [0.15, 0.2) is 24.3 Å². The normalized spacial score (nSPS) is 17.2. The first kappa shape index (κ1) is 16.1. The standard InChI is InChI=1S/C16H26N2O2S/c1-2-21(19,20)18-16-11-9-15(10-12-16)17-13-14-7-5-3-4-6-8-14/h9-12,14,17-18H,2-8,13H2,1H3. The van der Waals surface area contributed by atoms with E-state index in [-0.39, 0.29) is 5.75 Å². The van der Waals surface area contributed by atoms with E-state index < -0.39 is 10.0 Å². The monoisotopic (exact) mass is 310 g/mol. The van der Waals surface area contributed by atoms with E-state index in [9.17, 15) is 8.42 Å². The van der Waals surface area contributed by atoms with Gasteiger partial charge in [0.15, 0.2) is 0 Å². The quantitative estimate of drug-likeness (QED) is 0.785. The number of sulfonamides is 1. The molecule has 0 saturated heterocycles. The molecule has 1 fully saturated rings. The molecular formula is C16H26N2O2S. The van der Waals surface area contributed by atoms with Crippen LogP contribution in [0.25, 0.3) is 0 Å². The van der Waals surface area contributed by atoms with Gasteiger partial charge in [0.25, 0.3) is 0 Å². The molecule has 0 heterocycles. The minimum Gasteiger partial charge on any atom is -0.385 e. The average Bonchev–Trinajstić information content (AvgIpc) is 2.75. The van der Waals surface area contributed by atoms with Crippen LogP contribution in [-0.4, -0.2) is 20.7 Å². The van der Waals surface area contributed by atoms with E-state index in [1.165, 1.54) is 38.5 Å². The van der Waals surface area contributed by atoms with Crippen molar-refractivity contribution in [3.63, 3.8) is 0 Å². The second kappa shape index (κ2) is 7.69. The minimum atomic E-state index is -3.19. The maximum absolute atomic E-state index is 11.5. The molecule has 0 atom stereocenters. The summed E-state index contributed by atoms with van der Waals surface area (Å²) < 4.78 is 25.5. The second-order valence-corrected chi connectivity index (χ2v) is 7.83. The summed E-state index contributed by atoms with van der Waals surface area (Å²) in [5, 5.41) is 3.47. The fourth-order valence-electron chi connectivity index (χ4n) is 2.74. The fourth-order valence-corrected chi connectivity index (χ4v) is 3.38. The fraction of sp³-hybridized carbons (Fsp3) is 0.625.